The van der Waals surface area contributed by atoms with E-state index in [2.05, 4.69) is 45.7 Å². The largest absolute Gasteiger partial charge is 0.338 e. The van der Waals surface area contributed by atoms with Crippen molar-refractivity contribution in [3.63, 3.8) is 0 Å². The Labute approximate surface area is 185 Å². The lowest BCUT2D eigenvalue weighted by Gasteiger charge is -2.35. The Kier molecular flexibility index (Phi) is 5.26. The van der Waals surface area contributed by atoms with Gasteiger partial charge >= 0.3 is 0 Å². The third-order valence-electron chi connectivity index (χ3n) is 4.90. The molecule has 1 aliphatic heterocycles. The van der Waals surface area contributed by atoms with Crippen molar-refractivity contribution in [3.05, 3.63) is 65.5 Å². The second-order valence-corrected chi connectivity index (χ2v) is 8.68. The number of piperazine rings is 1. The number of rotatable bonds is 4. The minimum Gasteiger partial charge on any atom is -0.338 e. The summed E-state index contributed by atoms with van der Waals surface area (Å²) in [5, 5.41) is 0. The maximum atomic E-state index is 13.8. The number of fused-ring (bicyclic) bond motifs is 1. The number of anilines is 2. The van der Waals surface area contributed by atoms with Crippen LogP contribution >= 0.6 is 27.7 Å². The Morgan fingerprint density at radius 1 is 0.867 bits per heavy atom. The summed E-state index contributed by atoms with van der Waals surface area (Å²) in [7, 11) is 0. The summed E-state index contributed by atoms with van der Waals surface area (Å²) >= 11 is 4.89. The molecule has 30 heavy (non-hydrogen) atoms. The fourth-order valence-corrected chi connectivity index (χ4v) is 4.66. The maximum absolute atomic E-state index is 13.8. The molecule has 0 saturated carbocycles. The summed E-state index contributed by atoms with van der Waals surface area (Å²) in [6, 6.07) is 10.6. The van der Waals surface area contributed by atoms with E-state index in [9.17, 15) is 4.39 Å². The first-order valence-electron chi connectivity index (χ1n) is 9.41. The summed E-state index contributed by atoms with van der Waals surface area (Å²) in [4.78, 5) is 23.5. The van der Waals surface area contributed by atoms with Crippen molar-refractivity contribution in [2.24, 2.45) is 0 Å². The van der Waals surface area contributed by atoms with E-state index in [0.717, 1.165) is 47.3 Å². The predicted octanol–water partition coefficient (Wildman–Crippen LogP) is 3.90. The Morgan fingerprint density at radius 3 is 2.37 bits per heavy atom. The molecule has 1 aliphatic rings. The third-order valence-corrected chi connectivity index (χ3v) is 6.52. The van der Waals surface area contributed by atoms with Crippen LogP contribution in [0.4, 0.5) is 16.3 Å². The highest BCUT2D eigenvalue weighted by Gasteiger charge is 2.22. The zero-order chi connectivity index (χ0) is 20.5. The van der Waals surface area contributed by atoms with Crippen LogP contribution < -0.4 is 9.80 Å². The monoisotopic (exact) mass is 485 g/mol. The van der Waals surface area contributed by atoms with Crippen LogP contribution in [0.25, 0.3) is 5.65 Å². The maximum Gasteiger partial charge on any atom is 0.225 e. The van der Waals surface area contributed by atoms with E-state index in [-0.39, 0.29) is 5.82 Å². The average molecular weight is 486 g/mol. The standard InChI is InChI=1S/C20H17BrFN7S/c21-17-5-6-18-25-13-26-20(29(17)18)28-9-7-27(8-10-28)19-23-11-14(12-24-19)30-16-4-2-1-3-15(16)22/h1-6,11-13H,7-10H2. The third kappa shape index (κ3) is 3.72. The van der Waals surface area contributed by atoms with E-state index in [1.807, 2.05) is 22.6 Å². The van der Waals surface area contributed by atoms with Gasteiger partial charge in [-0.25, -0.2) is 24.3 Å². The van der Waals surface area contributed by atoms with Crippen LogP contribution in [0.1, 0.15) is 0 Å². The molecular formula is C20H17BrFN7S. The van der Waals surface area contributed by atoms with Gasteiger partial charge in [0.15, 0.2) is 0 Å². The molecule has 7 nitrogen and oxygen atoms in total. The second-order valence-electron chi connectivity index (χ2n) is 6.75. The van der Waals surface area contributed by atoms with Crippen LogP contribution in [0, 0.1) is 5.82 Å². The number of hydrogen-bond acceptors (Lipinski definition) is 7. The first kappa shape index (κ1) is 19.3. The molecule has 1 saturated heterocycles. The Morgan fingerprint density at radius 2 is 1.60 bits per heavy atom. The van der Waals surface area contributed by atoms with Gasteiger partial charge in [0.05, 0.1) is 4.60 Å². The average Bonchev–Trinajstić information content (AvgIpc) is 3.17. The number of benzene rings is 1. The van der Waals surface area contributed by atoms with Gasteiger partial charge in [0.2, 0.25) is 11.9 Å². The van der Waals surface area contributed by atoms with Crippen molar-refractivity contribution in [1.29, 1.82) is 0 Å². The van der Waals surface area contributed by atoms with Gasteiger partial charge in [-0.3, -0.25) is 4.40 Å². The zero-order valence-electron chi connectivity index (χ0n) is 15.8. The molecular weight excluding hydrogens is 469 g/mol. The zero-order valence-corrected chi connectivity index (χ0v) is 18.2. The molecule has 4 heterocycles. The topological polar surface area (TPSA) is 62.5 Å². The molecule has 3 aromatic heterocycles. The Hall–Kier alpha value is -2.72. The number of hydrogen-bond donors (Lipinski definition) is 0. The molecule has 0 radical (unpaired) electrons. The fraction of sp³-hybridized carbons (Fsp3) is 0.200. The molecule has 0 aliphatic carbocycles. The summed E-state index contributed by atoms with van der Waals surface area (Å²) in [5.41, 5.74) is 0.862. The summed E-state index contributed by atoms with van der Waals surface area (Å²) in [5.74, 6) is 1.31. The SMILES string of the molecule is Fc1ccccc1Sc1cnc(N2CCN(c3ncnc4ccc(Br)n34)CC2)nc1. The lowest BCUT2D eigenvalue weighted by Crippen LogP contribution is -2.48. The van der Waals surface area contributed by atoms with Gasteiger partial charge in [-0.1, -0.05) is 23.9 Å². The van der Waals surface area contributed by atoms with Gasteiger partial charge in [-0.15, -0.1) is 0 Å². The minimum absolute atomic E-state index is 0.240. The highest BCUT2D eigenvalue weighted by molar-refractivity contribution is 9.10. The highest BCUT2D eigenvalue weighted by atomic mass is 79.9. The normalized spacial score (nSPS) is 14.5. The Balaban J connectivity index is 1.26. The van der Waals surface area contributed by atoms with Crippen LogP contribution in [-0.2, 0) is 0 Å². The van der Waals surface area contributed by atoms with Crippen LogP contribution in [0.5, 0.6) is 0 Å². The van der Waals surface area contributed by atoms with E-state index in [1.54, 1.807) is 30.9 Å². The first-order valence-corrected chi connectivity index (χ1v) is 11.0. The van der Waals surface area contributed by atoms with E-state index >= 15 is 0 Å². The molecule has 0 amide bonds. The lowest BCUT2D eigenvalue weighted by molar-refractivity contribution is 0.602. The fourth-order valence-electron chi connectivity index (χ4n) is 3.41. The number of aromatic nitrogens is 5. The quantitative estimate of drug-likeness (QED) is 0.434. The van der Waals surface area contributed by atoms with Crippen molar-refractivity contribution in [2.75, 3.05) is 36.0 Å². The molecule has 1 fully saturated rings. The van der Waals surface area contributed by atoms with Gasteiger partial charge in [-0.2, -0.15) is 0 Å². The molecule has 5 rings (SSSR count). The summed E-state index contributed by atoms with van der Waals surface area (Å²) in [6.07, 6.45) is 5.09. The van der Waals surface area contributed by atoms with Crippen molar-refractivity contribution in [1.82, 2.24) is 24.3 Å². The van der Waals surface area contributed by atoms with E-state index in [4.69, 9.17) is 0 Å². The smallest absolute Gasteiger partial charge is 0.225 e. The molecule has 0 N–H and O–H groups in total. The Bertz CT molecular complexity index is 1180. The van der Waals surface area contributed by atoms with E-state index in [0.29, 0.717) is 10.8 Å². The molecule has 4 aromatic rings. The minimum atomic E-state index is -0.240. The van der Waals surface area contributed by atoms with Gasteiger partial charge in [0.1, 0.15) is 17.8 Å². The predicted molar refractivity (Wildman–Crippen MR) is 118 cm³/mol. The number of halogens is 2. The van der Waals surface area contributed by atoms with E-state index < -0.39 is 0 Å². The summed E-state index contributed by atoms with van der Waals surface area (Å²) < 4.78 is 16.8. The van der Waals surface area contributed by atoms with Crippen LogP contribution in [-0.4, -0.2) is 50.5 Å². The molecule has 152 valence electrons. The van der Waals surface area contributed by atoms with Crippen LogP contribution in [0.2, 0.25) is 0 Å². The molecule has 0 unspecified atom stereocenters. The lowest BCUT2D eigenvalue weighted by atomic mass is 10.3. The highest BCUT2D eigenvalue weighted by Crippen LogP contribution is 2.29. The molecule has 0 spiro atoms. The van der Waals surface area contributed by atoms with Gasteiger partial charge in [0.25, 0.3) is 0 Å². The van der Waals surface area contributed by atoms with Gasteiger partial charge in [-0.05, 0) is 40.2 Å². The van der Waals surface area contributed by atoms with Crippen molar-refractivity contribution in [3.8, 4) is 0 Å². The number of nitrogens with zero attached hydrogens (tertiary/aromatic N) is 7. The molecule has 10 heteroatoms. The van der Waals surface area contributed by atoms with Crippen LogP contribution in [0.3, 0.4) is 0 Å². The van der Waals surface area contributed by atoms with Crippen molar-refractivity contribution in [2.45, 2.75) is 9.79 Å². The summed E-state index contributed by atoms with van der Waals surface area (Å²) in [6.45, 7) is 3.16. The molecule has 0 bridgehead atoms. The van der Waals surface area contributed by atoms with Crippen molar-refractivity contribution < 1.29 is 4.39 Å². The van der Waals surface area contributed by atoms with E-state index in [1.165, 1.54) is 17.8 Å². The van der Waals surface area contributed by atoms with Crippen molar-refractivity contribution >= 4 is 45.2 Å². The van der Waals surface area contributed by atoms with Crippen LogP contribution in [0.15, 0.2) is 69.5 Å². The van der Waals surface area contributed by atoms with Gasteiger partial charge in [0, 0.05) is 48.4 Å². The second kappa shape index (κ2) is 8.19. The molecule has 0 atom stereocenters. The van der Waals surface area contributed by atoms with Gasteiger partial charge < -0.3 is 9.80 Å². The first-order chi connectivity index (χ1) is 14.7. The molecule has 1 aromatic carbocycles.